The lowest BCUT2D eigenvalue weighted by atomic mass is 10.0. The number of carbonyl (C=O) groups excluding carboxylic acids is 1. The van der Waals surface area contributed by atoms with Crippen molar-refractivity contribution in [3.63, 3.8) is 0 Å². The van der Waals surface area contributed by atoms with Crippen LogP contribution in [0, 0.1) is 0 Å². The van der Waals surface area contributed by atoms with Gasteiger partial charge in [-0.05, 0) is 41.5 Å². The highest BCUT2D eigenvalue weighted by molar-refractivity contribution is 7.99. The fourth-order valence-electron chi connectivity index (χ4n) is 3.11. The van der Waals surface area contributed by atoms with Gasteiger partial charge in [0.15, 0.2) is 0 Å². The number of rotatable bonds is 4. The fourth-order valence-corrected chi connectivity index (χ4v) is 4.28. The van der Waals surface area contributed by atoms with Gasteiger partial charge in [0.05, 0.1) is 18.4 Å². The zero-order valence-corrected chi connectivity index (χ0v) is 16.6. The number of hydrogen-bond acceptors (Lipinski definition) is 6. The van der Waals surface area contributed by atoms with Gasteiger partial charge in [-0.3, -0.25) is 0 Å². The average Bonchev–Trinajstić information content (AvgIpc) is 2.89. The highest BCUT2D eigenvalue weighted by Crippen LogP contribution is 2.39. The van der Waals surface area contributed by atoms with Gasteiger partial charge >= 0.3 is 5.97 Å². The second-order valence-electron chi connectivity index (χ2n) is 6.57. The van der Waals surface area contributed by atoms with E-state index in [-0.39, 0.29) is 11.7 Å². The Morgan fingerprint density at radius 1 is 1.07 bits per heavy atom. The maximum Gasteiger partial charge on any atom is 0.337 e. The summed E-state index contributed by atoms with van der Waals surface area (Å²) < 4.78 is 4.83. The first-order valence-electron chi connectivity index (χ1n) is 9.09. The normalized spacial score (nSPS) is 13.9. The molecule has 6 heteroatoms. The number of phenolic OH excluding ortho intramolecular Hbond substituents is 1. The predicted octanol–water partition coefficient (Wildman–Crippen LogP) is 4.81. The molecule has 0 aliphatic carbocycles. The summed E-state index contributed by atoms with van der Waals surface area (Å²) in [6.45, 7) is 0.374. The largest absolute Gasteiger partial charge is 0.508 e. The van der Waals surface area contributed by atoms with Gasteiger partial charge in [0.2, 0.25) is 0 Å². The second kappa shape index (κ2) is 8.41. The number of benzene rings is 3. The van der Waals surface area contributed by atoms with Crippen molar-refractivity contribution >= 4 is 23.4 Å². The zero-order chi connectivity index (χ0) is 20.2. The van der Waals surface area contributed by atoms with Gasteiger partial charge in [0.25, 0.3) is 0 Å². The summed E-state index contributed by atoms with van der Waals surface area (Å²) in [6.07, 6.45) is 0.552. The average molecular weight is 405 g/mol. The number of hydrogen-bond donors (Lipinski definition) is 1. The summed E-state index contributed by atoms with van der Waals surface area (Å²) >= 11 is 1.49. The molecule has 3 aromatic carbocycles. The number of carbonyl (C=O) groups is 1. The number of esters is 1. The molecule has 0 amide bonds. The topological polar surface area (TPSA) is 68.1 Å². The maximum absolute atomic E-state index is 11.9. The van der Waals surface area contributed by atoms with Crippen LogP contribution in [0.4, 0.5) is 0 Å². The quantitative estimate of drug-likeness (QED) is 0.498. The van der Waals surface area contributed by atoms with E-state index < -0.39 is 0 Å². The lowest BCUT2D eigenvalue weighted by molar-refractivity contribution is 0.0600. The fraction of sp³-hybridized carbons (Fsp3) is 0.130. The molecule has 0 spiro atoms. The Bertz CT molecular complexity index is 1080. The molecular weight excluding hydrogens is 386 g/mol. The number of oxime groups is 1. The maximum atomic E-state index is 11.9. The molecule has 4 rings (SSSR count). The van der Waals surface area contributed by atoms with Crippen molar-refractivity contribution in [1.82, 2.24) is 0 Å². The first-order chi connectivity index (χ1) is 14.1. The molecule has 1 aliphatic rings. The number of methoxy groups -OCH3 is 1. The summed E-state index contributed by atoms with van der Waals surface area (Å²) in [5.41, 5.74) is 4.22. The smallest absolute Gasteiger partial charge is 0.337 e. The Balaban J connectivity index is 1.69. The molecule has 146 valence electrons. The highest BCUT2D eigenvalue weighted by Gasteiger charge is 2.21. The molecule has 1 heterocycles. The minimum Gasteiger partial charge on any atom is -0.508 e. The van der Waals surface area contributed by atoms with Crippen LogP contribution in [0.25, 0.3) is 0 Å². The van der Waals surface area contributed by atoms with Crippen molar-refractivity contribution in [2.24, 2.45) is 5.16 Å². The van der Waals surface area contributed by atoms with E-state index in [1.54, 1.807) is 18.2 Å². The molecule has 0 saturated carbocycles. The van der Waals surface area contributed by atoms with Crippen molar-refractivity contribution < 1.29 is 19.5 Å². The van der Waals surface area contributed by atoms with Crippen LogP contribution in [0.15, 0.2) is 81.7 Å². The molecule has 0 saturated heterocycles. The van der Waals surface area contributed by atoms with Crippen LogP contribution in [0.3, 0.4) is 0 Å². The van der Waals surface area contributed by atoms with E-state index in [0.717, 1.165) is 32.2 Å². The number of aromatic hydroxyl groups is 1. The SMILES string of the molecule is COC(=O)c1ccc2c(c1)Sc1cc(O)ccc1C(=NOCc1ccccc1)C2. The van der Waals surface area contributed by atoms with E-state index in [9.17, 15) is 9.90 Å². The van der Waals surface area contributed by atoms with Crippen LogP contribution >= 0.6 is 11.8 Å². The number of phenols is 1. The van der Waals surface area contributed by atoms with E-state index in [1.165, 1.54) is 18.9 Å². The third-order valence-electron chi connectivity index (χ3n) is 4.59. The molecule has 1 N–H and O–H groups in total. The van der Waals surface area contributed by atoms with E-state index >= 15 is 0 Å². The monoisotopic (exact) mass is 405 g/mol. The highest BCUT2D eigenvalue weighted by atomic mass is 32.2. The molecule has 5 nitrogen and oxygen atoms in total. The van der Waals surface area contributed by atoms with Crippen LogP contribution < -0.4 is 0 Å². The van der Waals surface area contributed by atoms with Crippen LogP contribution in [-0.2, 0) is 22.6 Å². The molecule has 0 unspecified atom stereocenters. The Labute approximate surface area is 173 Å². The lowest BCUT2D eigenvalue weighted by Crippen LogP contribution is -2.07. The van der Waals surface area contributed by atoms with Crippen molar-refractivity contribution in [3.8, 4) is 5.75 Å². The minimum atomic E-state index is -0.381. The first kappa shape index (κ1) is 19.1. The third kappa shape index (κ3) is 4.27. The summed E-state index contributed by atoms with van der Waals surface area (Å²) in [7, 11) is 1.36. The van der Waals surface area contributed by atoms with Crippen LogP contribution in [-0.4, -0.2) is 23.9 Å². The van der Waals surface area contributed by atoms with Crippen molar-refractivity contribution in [3.05, 3.63) is 89.0 Å². The van der Waals surface area contributed by atoms with Gasteiger partial charge in [-0.1, -0.05) is 53.3 Å². The van der Waals surface area contributed by atoms with E-state index in [2.05, 4.69) is 5.16 Å². The lowest BCUT2D eigenvalue weighted by Gasteiger charge is -2.08. The van der Waals surface area contributed by atoms with Crippen molar-refractivity contribution in [1.29, 1.82) is 0 Å². The molecular formula is C23H19NO4S. The Kier molecular flexibility index (Phi) is 5.53. The zero-order valence-electron chi connectivity index (χ0n) is 15.8. The van der Waals surface area contributed by atoms with E-state index in [4.69, 9.17) is 9.57 Å². The van der Waals surface area contributed by atoms with Gasteiger partial charge in [-0.25, -0.2) is 4.79 Å². The Morgan fingerprint density at radius 3 is 2.69 bits per heavy atom. The minimum absolute atomic E-state index is 0.174. The van der Waals surface area contributed by atoms with Crippen LogP contribution in [0.5, 0.6) is 5.75 Å². The third-order valence-corrected chi connectivity index (χ3v) is 5.75. The Hall–Kier alpha value is -3.25. The summed E-state index contributed by atoms with van der Waals surface area (Å²) in [5, 5.41) is 14.4. The van der Waals surface area contributed by atoms with Gasteiger partial charge in [0, 0.05) is 21.8 Å². The van der Waals surface area contributed by atoms with Gasteiger partial charge in [-0.15, -0.1) is 0 Å². The van der Waals surface area contributed by atoms with Crippen molar-refractivity contribution in [2.75, 3.05) is 7.11 Å². The summed E-state index contributed by atoms with van der Waals surface area (Å²) in [4.78, 5) is 19.3. The summed E-state index contributed by atoms with van der Waals surface area (Å²) in [5.74, 6) is -0.206. The van der Waals surface area contributed by atoms with Crippen LogP contribution in [0.2, 0.25) is 0 Å². The van der Waals surface area contributed by atoms with Crippen LogP contribution in [0.1, 0.15) is 27.0 Å². The van der Waals surface area contributed by atoms with Gasteiger partial charge in [-0.2, -0.15) is 0 Å². The molecule has 29 heavy (non-hydrogen) atoms. The standard InChI is InChI=1S/C23H19NO4S/c1-27-23(26)17-8-7-16-11-20(24-28-14-15-5-3-2-4-6-15)19-10-9-18(25)13-22(19)29-21(16)12-17/h2-10,12-13,25H,11,14H2,1H3. The van der Waals surface area contributed by atoms with E-state index in [0.29, 0.717) is 18.6 Å². The predicted molar refractivity (Wildman–Crippen MR) is 111 cm³/mol. The number of nitrogens with zero attached hydrogens (tertiary/aromatic N) is 1. The molecule has 3 aromatic rings. The number of fused-ring (bicyclic) bond motifs is 2. The summed E-state index contributed by atoms with van der Waals surface area (Å²) in [6, 6.07) is 20.5. The van der Waals surface area contributed by atoms with Crippen molar-refractivity contribution in [2.45, 2.75) is 22.8 Å². The molecule has 0 bridgehead atoms. The molecule has 0 atom stereocenters. The Morgan fingerprint density at radius 2 is 1.90 bits per heavy atom. The number of ether oxygens (including phenoxy) is 1. The molecule has 0 fully saturated rings. The van der Waals surface area contributed by atoms with Gasteiger partial charge < -0.3 is 14.7 Å². The second-order valence-corrected chi connectivity index (χ2v) is 7.65. The molecule has 0 aromatic heterocycles. The van der Waals surface area contributed by atoms with Gasteiger partial charge in [0.1, 0.15) is 12.4 Å². The first-order valence-corrected chi connectivity index (χ1v) is 9.91. The van der Waals surface area contributed by atoms with E-state index in [1.807, 2.05) is 48.5 Å². The molecule has 1 aliphatic heterocycles. The molecule has 0 radical (unpaired) electrons.